The van der Waals surface area contributed by atoms with Crippen molar-refractivity contribution in [2.24, 2.45) is 0 Å². The lowest BCUT2D eigenvalue weighted by atomic mass is 9.79. The highest BCUT2D eigenvalue weighted by Crippen LogP contribution is 2.39. The molecule has 4 heteroatoms. The number of benzene rings is 1. The fourth-order valence-corrected chi connectivity index (χ4v) is 2.57. The van der Waals surface area contributed by atoms with Gasteiger partial charge in [0.15, 0.2) is 5.60 Å². The molecule has 1 unspecified atom stereocenters. The first-order valence-corrected chi connectivity index (χ1v) is 6.59. The van der Waals surface area contributed by atoms with E-state index in [0.29, 0.717) is 19.4 Å². The van der Waals surface area contributed by atoms with Crippen molar-refractivity contribution in [1.82, 2.24) is 0 Å². The molecule has 0 heterocycles. The second-order valence-electron chi connectivity index (χ2n) is 4.74. The van der Waals surface area contributed by atoms with Gasteiger partial charge in [0.05, 0.1) is 13.7 Å². The van der Waals surface area contributed by atoms with Gasteiger partial charge in [0.1, 0.15) is 11.8 Å². The predicted molar refractivity (Wildman–Crippen MR) is 70.9 cm³/mol. The van der Waals surface area contributed by atoms with Gasteiger partial charge in [0.2, 0.25) is 0 Å². The average molecular weight is 261 g/mol. The van der Waals surface area contributed by atoms with Crippen molar-refractivity contribution in [3.05, 3.63) is 29.3 Å². The summed E-state index contributed by atoms with van der Waals surface area (Å²) in [4.78, 5) is 0. The Hall–Kier alpha value is -1.57. The van der Waals surface area contributed by atoms with Crippen molar-refractivity contribution in [2.45, 2.75) is 31.3 Å². The van der Waals surface area contributed by atoms with Gasteiger partial charge < -0.3 is 14.6 Å². The summed E-state index contributed by atoms with van der Waals surface area (Å²) in [5, 5.41) is 18.4. The highest BCUT2D eigenvalue weighted by atomic mass is 16.5. The molecule has 1 aliphatic carbocycles. The first-order chi connectivity index (χ1) is 9.25. The van der Waals surface area contributed by atoms with Crippen LogP contribution in [0.2, 0.25) is 0 Å². The molecule has 0 spiro atoms. The molecule has 4 nitrogen and oxygen atoms in total. The maximum Gasteiger partial charge on any atom is 0.179 e. The molecule has 0 aliphatic heterocycles. The third-order valence-corrected chi connectivity index (χ3v) is 3.55. The van der Waals surface area contributed by atoms with E-state index < -0.39 is 5.60 Å². The summed E-state index contributed by atoms with van der Waals surface area (Å²) in [5.41, 5.74) is 1.20. The van der Waals surface area contributed by atoms with Crippen LogP contribution in [0, 0.1) is 11.3 Å². The Balaban J connectivity index is 2.31. The van der Waals surface area contributed by atoms with Gasteiger partial charge in [0, 0.05) is 12.2 Å². The highest BCUT2D eigenvalue weighted by Gasteiger charge is 2.37. The lowest BCUT2D eigenvalue weighted by Gasteiger charge is -2.33. The van der Waals surface area contributed by atoms with Gasteiger partial charge >= 0.3 is 0 Å². The number of aryl methyl sites for hydroxylation is 1. The number of ether oxygens (including phenoxy) is 2. The Morgan fingerprint density at radius 2 is 2.32 bits per heavy atom. The average Bonchev–Trinajstić information content (AvgIpc) is 2.47. The van der Waals surface area contributed by atoms with Crippen LogP contribution in [0.1, 0.15) is 30.4 Å². The second-order valence-corrected chi connectivity index (χ2v) is 4.74. The van der Waals surface area contributed by atoms with E-state index in [-0.39, 0.29) is 6.61 Å². The molecule has 0 saturated carbocycles. The van der Waals surface area contributed by atoms with Crippen LogP contribution in [0.3, 0.4) is 0 Å². The Kier molecular flexibility index (Phi) is 4.41. The molecule has 0 aromatic heterocycles. The van der Waals surface area contributed by atoms with Gasteiger partial charge in [0.25, 0.3) is 0 Å². The van der Waals surface area contributed by atoms with E-state index in [4.69, 9.17) is 14.6 Å². The molecule has 0 amide bonds. The lowest BCUT2D eigenvalue weighted by Crippen LogP contribution is -2.33. The van der Waals surface area contributed by atoms with Crippen LogP contribution >= 0.6 is 0 Å². The maximum absolute atomic E-state index is 9.55. The van der Waals surface area contributed by atoms with Crippen molar-refractivity contribution in [2.75, 3.05) is 20.3 Å². The molecular weight excluding hydrogens is 242 g/mol. The first kappa shape index (κ1) is 13.9. The quantitative estimate of drug-likeness (QED) is 0.825. The summed E-state index contributed by atoms with van der Waals surface area (Å²) >= 11 is 0. The van der Waals surface area contributed by atoms with E-state index in [9.17, 15) is 5.26 Å². The fourth-order valence-electron chi connectivity index (χ4n) is 2.57. The number of aliphatic hydroxyl groups excluding tert-OH is 1. The Labute approximate surface area is 113 Å². The van der Waals surface area contributed by atoms with Crippen LogP contribution < -0.4 is 4.74 Å². The third kappa shape index (κ3) is 2.73. The van der Waals surface area contributed by atoms with E-state index in [1.54, 1.807) is 7.11 Å². The topological polar surface area (TPSA) is 62.5 Å². The SMILES string of the molecule is COc1ccc2c(c1)CCCC2(C#N)OCCCO. The van der Waals surface area contributed by atoms with Crippen molar-refractivity contribution in [1.29, 1.82) is 5.26 Å². The summed E-state index contributed by atoms with van der Waals surface area (Å²) in [6.45, 7) is 0.479. The zero-order valence-corrected chi connectivity index (χ0v) is 11.2. The molecule has 0 bridgehead atoms. The first-order valence-electron chi connectivity index (χ1n) is 6.59. The molecule has 19 heavy (non-hydrogen) atoms. The van der Waals surface area contributed by atoms with Gasteiger partial charge in [-0.25, -0.2) is 0 Å². The van der Waals surface area contributed by atoms with Gasteiger partial charge in [-0.15, -0.1) is 0 Å². The van der Waals surface area contributed by atoms with E-state index in [1.165, 1.54) is 0 Å². The highest BCUT2D eigenvalue weighted by molar-refractivity contribution is 5.43. The third-order valence-electron chi connectivity index (χ3n) is 3.55. The Bertz CT molecular complexity index is 481. The minimum absolute atomic E-state index is 0.0803. The summed E-state index contributed by atoms with van der Waals surface area (Å²) in [6.07, 6.45) is 3.12. The van der Waals surface area contributed by atoms with Crippen molar-refractivity contribution >= 4 is 0 Å². The molecule has 102 valence electrons. The molecule has 1 aliphatic rings. The molecule has 1 atom stereocenters. The summed E-state index contributed by atoms with van der Waals surface area (Å²) < 4.78 is 11.0. The van der Waals surface area contributed by atoms with Gasteiger partial charge in [-0.1, -0.05) is 6.07 Å². The second kappa shape index (κ2) is 6.05. The smallest absolute Gasteiger partial charge is 0.179 e. The molecular formula is C15H19NO3. The largest absolute Gasteiger partial charge is 0.497 e. The molecule has 0 saturated heterocycles. The molecule has 0 fully saturated rings. The van der Waals surface area contributed by atoms with Gasteiger partial charge in [-0.05, 0) is 43.4 Å². The van der Waals surface area contributed by atoms with E-state index >= 15 is 0 Å². The minimum atomic E-state index is -0.866. The van der Waals surface area contributed by atoms with E-state index in [1.807, 2.05) is 18.2 Å². The molecule has 2 rings (SSSR count). The summed E-state index contributed by atoms with van der Waals surface area (Å²) in [5.74, 6) is 0.808. The summed E-state index contributed by atoms with van der Waals surface area (Å²) in [6, 6.07) is 8.10. The maximum atomic E-state index is 9.55. The monoisotopic (exact) mass is 261 g/mol. The lowest BCUT2D eigenvalue weighted by molar-refractivity contribution is -0.0237. The number of methoxy groups -OCH3 is 1. The van der Waals surface area contributed by atoms with E-state index in [0.717, 1.165) is 29.7 Å². The predicted octanol–water partition coefficient (Wildman–Crippen LogP) is 2.15. The number of hydrogen-bond donors (Lipinski definition) is 1. The van der Waals surface area contributed by atoms with Crippen LogP contribution in [-0.4, -0.2) is 25.4 Å². The number of nitriles is 1. The van der Waals surface area contributed by atoms with Gasteiger partial charge in [-0.3, -0.25) is 0 Å². The molecule has 1 aromatic carbocycles. The zero-order valence-electron chi connectivity index (χ0n) is 11.2. The molecule has 1 aromatic rings. The zero-order chi connectivity index (χ0) is 13.7. The van der Waals surface area contributed by atoms with Crippen molar-refractivity contribution < 1.29 is 14.6 Å². The van der Waals surface area contributed by atoms with Crippen LogP contribution in [0.25, 0.3) is 0 Å². The van der Waals surface area contributed by atoms with Crippen molar-refractivity contribution in [3.8, 4) is 11.8 Å². The standard InChI is InChI=1S/C15H19NO3/c1-18-13-5-6-14-12(10-13)4-2-7-15(14,11-16)19-9-3-8-17/h5-6,10,17H,2-4,7-9H2,1H3. The molecule has 1 N–H and O–H groups in total. The van der Waals surface area contributed by atoms with Crippen LogP contribution in [-0.2, 0) is 16.8 Å². The number of rotatable bonds is 5. The van der Waals surface area contributed by atoms with Crippen LogP contribution in [0.5, 0.6) is 5.75 Å². The summed E-state index contributed by atoms with van der Waals surface area (Å²) in [7, 11) is 1.64. The van der Waals surface area contributed by atoms with Crippen LogP contribution in [0.15, 0.2) is 18.2 Å². The Morgan fingerprint density at radius 3 is 3.00 bits per heavy atom. The van der Waals surface area contributed by atoms with Crippen molar-refractivity contribution in [3.63, 3.8) is 0 Å². The van der Waals surface area contributed by atoms with Crippen LogP contribution in [0.4, 0.5) is 0 Å². The minimum Gasteiger partial charge on any atom is -0.497 e. The number of fused-ring (bicyclic) bond motifs is 1. The van der Waals surface area contributed by atoms with Gasteiger partial charge in [-0.2, -0.15) is 5.26 Å². The number of aliphatic hydroxyl groups is 1. The fraction of sp³-hybridized carbons (Fsp3) is 0.533. The normalized spacial score (nSPS) is 21.5. The number of nitrogens with zero attached hydrogens (tertiary/aromatic N) is 1. The number of hydrogen-bond acceptors (Lipinski definition) is 4. The Morgan fingerprint density at radius 1 is 1.47 bits per heavy atom. The molecule has 0 radical (unpaired) electrons. The van der Waals surface area contributed by atoms with E-state index in [2.05, 4.69) is 6.07 Å².